The maximum atomic E-state index is 5.74. The van der Waals surface area contributed by atoms with E-state index in [2.05, 4.69) is 20.2 Å². The number of H-pyrrole nitrogens is 1. The lowest BCUT2D eigenvalue weighted by Crippen LogP contribution is -1.98. The molecule has 1 aliphatic rings. The minimum absolute atomic E-state index is 0.504. The Bertz CT molecular complexity index is 457. The number of aromatic amines is 1. The van der Waals surface area contributed by atoms with Crippen molar-refractivity contribution in [3.8, 4) is 0 Å². The summed E-state index contributed by atoms with van der Waals surface area (Å²) in [6.07, 6.45) is 4.05. The van der Waals surface area contributed by atoms with E-state index in [1.54, 1.807) is 6.20 Å². The molecule has 0 amide bonds. The minimum atomic E-state index is 0.504. The van der Waals surface area contributed by atoms with Gasteiger partial charge in [0.1, 0.15) is 16.9 Å². The zero-order valence-corrected chi connectivity index (χ0v) is 6.99. The van der Waals surface area contributed by atoms with Gasteiger partial charge in [-0.15, -0.1) is 0 Å². The Morgan fingerprint density at radius 2 is 2.23 bits per heavy atom. The van der Waals surface area contributed by atoms with Crippen molar-refractivity contribution in [2.24, 2.45) is 0 Å². The summed E-state index contributed by atoms with van der Waals surface area (Å²) in [4.78, 5) is 8.60. The van der Waals surface area contributed by atoms with Gasteiger partial charge in [-0.25, -0.2) is 9.97 Å². The topological polar surface area (TPSA) is 80.5 Å². The van der Waals surface area contributed by atoms with Crippen molar-refractivity contribution >= 4 is 16.9 Å². The molecule has 0 aromatic carbocycles. The van der Waals surface area contributed by atoms with Crippen LogP contribution in [0.1, 0.15) is 24.6 Å². The smallest absolute Gasteiger partial charge is 0.153 e. The van der Waals surface area contributed by atoms with Gasteiger partial charge in [-0.05, 0) is 12.8 Å². The quantitative estimate of drug-likeness (QED) is 0.672. The van der Waals surface area contributed by atoms with Crippen LogP contribution < -0.4 is 5.73 Å². The third-order valence-electron chi connectivity index (χ3n) is 2.29. The number of nitrogens with one attached hydrogen (secondary N) is 1. The van der Waals surface area contributed by atoms with Gasteiger partial charge in [0.25, 0.3) is 0 Å². The summed E-state index contributed by atoms with van der Waals surface area (Å²) in [7, 11) is 0. The Balaban J connectivity index is 2.27. The number of rotatable bonds is 1. The maximum Gasteiger partial charge on any atom is 0.153 e. The van der Waals surface area contributed by atoms with Crippen LogP contribution in [-0.4, -0.2) is 20.2 Å². The maximum absolute atomic E-state index is 5.74. The Kier molecular flexibility index (Phi) is 1.15. The van der Waals surface area contributed by atoms with Crippen LogP contribution in [0.15, 0.2) is 6.20 Å². The van der Waals surface area contributed by atoms with Crippen LogP contribution in [0.4, 0.5) is 5.82 Å². The first-order valence-electron chi connectivity index (χ1n) is 4.31. The van der Waals surface area contributed by atoms with Crippen LogP contribution in [0.2, 0.25) is 0 Å². The normalized spacial score (nSPS) is 16.6. The van der Waals surface area contributed by atoms with E-state index >= 15 is 0 Å². The van der Waals surface area contributed by atoms with Crippen LogP contribution in [0.25, 0.3) is 11.0 Å². The van der Waals surface area contributed by atoms with E-state index in [1.807, 2.05) is 0 Å². The number of hydrogen-bond acceptors (Lipinski definition) is 4. The monoisotopic (exact) mass is 175 g/mol. The number of nitrogens with zero attached hydrogens (tertiary/aromatic N) is 3. The van der Waals surface area contributed by atoms with Crippen LogP contribution >= 0.6 is 0 Å². The predicted molar refractivity (Wildman–Crippen MR) is 48.1 cm³/mol. The van der Waals surface area contributed by atoms with Gasteiger partial charge in [0.05, 0.1) is 6.20 Å². The van der Waals surface area contributed by atoms with Gasteiger partial charge in [-0.1, -0.05) is 0 Å². The van der Waals surface area contributed by atoms with Gasteiger partial charge >= 0.3 is 0 Å². The lowest BCUT2D eigenvalue weighted by molar-refractivity contribution is 0.952. The molecule has 0 unspecified atom stereocenters. The van der Waals surface area contributed by atoms with Crippen LogP contribution in [0, 0.1) is 0 Å². The van der Waals surface area contributed by atoms with Crippen molar-refractivity contribution < 1.29 is 0 Å². The van der Waals surface area contributed by atoms with Crippen molar-refractivity contribution in [3.05, 3.63) is 12.0 Å². The van der Waals surface area contributed by atoms with Gasteiger partial charge < -0.3 is 5.73 Å². The fourth-order valence-electron chi connectivity index (χ4n) is 1.40. The molecule has 5 heteroatoms. The van der Waals surface area contributed by atoms with E-state index in [4.69, 9.17) is 5.73 Å². The van der Waals surface area contributed by atoms with E-state index in [0.717, 1.165) is 16.9 Å². The van der Waals surface area contributed by atoms with E-state index < -0.39 is 0 Å². The Morgan fingerprint density at radius 1 is 1.38 bits per heavy atom. The molecule has 0 spiro atoms. The average Bonchev–Trinajstić information content (AvgIpc) is 2.85. The van der Waals surface area contributed by atoms with Crippen LogP contribution in [0.3, 0.4) is 0 Å². The second-order valence-electron chi connectivity index (χ2n) is 3.37. The highest BCUT2D eigenvalue weighted by molar-refractivity contribution is 5.83. The van der Waals surface area contributed by atoms with Gasteiger partial charge in [0.2, 0.25) is 0 Å². The minimum Gasteiger partial charge on any atom is -0.382 e. The first-order valence-corrected chi connectivity index (χ1v) is 4.31. The fraction of sp³-hybridized carbons (Fsp3) is 0.375. The third kappa shape index (κ3) is 0.965. The molecule has 1 saturated carbocycles. The lowest BCUT2D eigenvalue weighted by Gasteiger charge is -1.98. The number of nitrogen functional groups attached to an aromatic ring is 1. The Labute approximate surface area is 74.4 Å². The summed E-state index contributed by atoms with van der Waals surface area (Å²) in [6, 6.07) is 0. The molecule has 13 heavy (non-hydrogen) atoms. The number of hydrogen-bond donors (Lipinski definition) is 2. The van der Waals surface area contributed by atoms with Gasteiger partial charge in [-0.3, -0.25) is 5.10 Å². The molecule has 66 valence electrons. The number of nitrogens with two attached hydrogens (primary N) is 1. The highest BCUT2D eigenvalue weighted by Crippen LogP contribution is 2.38. The highest BCUT2D eigenvalue weighted by atomic mass is 15.1. The number of aromatic nitrogens is 4. The molecule has 3 N–H and O–H groups in total. The molecule has 1 aliphatic carbocycles. The second kappa shape index (κ2) is 2.18. The van der Waals surface area contributed by atoms with Gasteiger partial charge in [0, 0.05) is 5.92 Å². The molecule has 0 saturated heterocycles. The summed E-state index contributed by atoms with van der Waals surface area (Å²) < 4.78 is 0. The first kappa shape index (κ1) is 6.82. The van der Waals surface area contributed by atoms with Crippen molar-refractivity contribution in [2.75, 3.05) is 5.73 Å². The second-order valence-corrected chi connectivity index (χ2v) is 3.37. The average molecular weight is 175 g/mol. The molecule has 2 heterocycles. The van der Waals surface area contributed by atoms with Gasteiger partial charge in [0.15, 0.2) is 5.82 Å². The SMILES string of the molecule is Nc1nc(C2CC2)nc2cn[nH]c12. The van der Waals surface area contributed by atoms with Crippen molar-refractivity contribution in [3.63, 3.8) is 0 Å². The molecule has 5 nitrogen and oxygen atoms in total. The van der Waals surface area contributed by atoms with E-state index in [9.17, 15) is 0 Å². The molecule has 1 fully saturated rings. The molecule has 0 atom stereocenters. The number of anilines is 1. The van der Waals surface area contributed by atoms with Crippen molar-refractivity contribution in [1.82, 2.24) is 20.2 Å². The van der Waals surface area contributed by atoms with E-state index in [-0.39, 0.29) is 0 Å². The molecular weight excluding hydrogens is 166 g/mol. The molecule has 2 aromatic heterocycles. The third-order valence-corrected chi connectivity index (χ3v) is 2.29. The number of fused-ring (bicyclic) bond motifs is 1. The van der Waals surface area contributed by atoms with E-state index in [0.29, 0.717) is 11.7 Å². The van der Waals surface area contributed by atoms with E-state index in [1.165, 1.54) is 12.8 Å². The van der Waals surface area contributed by atoms with Crippen molar-refractivity contribution in [2.45, 2.75) is 18.8 Å². The zero-order chi connectivity index (χ0) is 8.84. The summed E-state index contributed by atoms with van der Waals surface area (Å²) >= 11 is 0. The summed E-state index contributed by atoms with van der Waals surface area (Å²) in [5.74, 6) is 1.90. The lowest BCUT2D eigenvalue weighted by atomic mass is 10.3. The molecule has 3 rings (SSSR count). The summed E-state index contributed by atoms with van der Waals surface area (Å²) in [5, 5.41) is 6.65. The Hall–Kier alpha value is -1.65. The summed E-state index contributed by atoms with van der Waals surface area (Å²) in [6.45, 7) is 0. The largest absolute Gasteiger partial charge is 0.382 e. The predicted octanol–water partition coefficient (Wildman–Crippen LogP) is 0.812. The highest BCUT2D eigenvalue weighted by Gasteiger charge is 2.27. The van der Waals surface area contributed by atoms with Crippen LogP contribution in [-0.2, 0) is 0 Å². The molecule has 2 aromatic rings. The Morgan fingerprint density at radius 3 is 3.00 bits per heavy atom. The first-order chi connectivity index (χ1) is 6.34. The fourth-order valence-corrected chi connectivity index (χ4v) is 1.40. The summed E-state index contributed by atoms with van der Waals surface area (Å²) in [5.41, 5.74) is 7.30. The van der Waals surface area contributed by atoms with Crippen LogP contribution in [0.5, 0.6) is 0 Å². The zero-order valence-electron chi connectivity index (χ0n) is 6.99. The molecule has 0 bridgehead atoms. The molecule has 0 radical (unpaired) electrons. The molecular formula is C8H9N5. The van der Waals surface area contributed by atoms with Gasteiger partial charge in [-0.2, -0.15) is 5.10 Å². The van der Waals surface area contributed by atoms with Crippen molar-refractivity contribution in [1.29, 1.82) is 0 Å². The molecule has 0 aliphatic heterocycles. The standard InChI is InChI=1S/C8H9N5/c9-7-6-5(3-10-13-6)11-8(12-7)4-1-2-4/h3-4H,1-2H2,(H,10,13)(H2,9,11,12).